The maximum atomic E-state index is 14.4. The van der Waals surface area contributed by atoms with Gasteiger partial charge in [-0.05, 0) is 49.5 Å². The van der Waals surface area contributed by atoms with Crippen LogP contribution < -0.4 is 0 Å². The summed E-state index contributed by atoms with van der Waals surface area (Å²) in [4.78, 5) is 16.6. The molecule has 3 rings (SSSR count). The molecule has 0 aromatic heterocycles. The predicted molar refractivity (Wildman–Crippen MR) is 131 cm³/mol. The van der Waals surface area contributed by atoms with E-state index in [2.05, 4.69) is 83.1 Å². The zero-order valence-corrected chi connectivity index (χ0v) is 19.7. The van der Waals surface area contributed by atoms with Crippen LogP contribution in [0.4, 0.5) is 0 Å². The average molecular weight is 414 g/mol. The van der Waals surface area contributed by atoms with Crippen molar-refractivity contribution >= 4 is 5.78 Å². The van der Waals surface area contributed by atoms with E-state index in [4.69, 9.17) is 0 Å². The van der Waals surface area contributed by atoms with Gasteiger partial charge in [-0.3, -0.25) is 4.79 Å². The highest BCUT2D eigenvalue weighted by Crippen LogP contribution is 2.41. The number of nitrogens with zero attached hydrogens (tertiary/aromatic N) is 1. The van der Waals surface area contributed by atoms with E-state index in [1.54, 1.807) is 0 Å². The molecule has 162 valence electrons. The number of Topliss-reactive ketones (excluding diaryl/α,β-unsaturated/α-hetero) is 1. The van der Waals surface area contributed by atoms with Crippen LogP contribution in [-0.4, -0.2) is 30.8 Å². The highest BCUT2D eigenvalue weighted by atomic mass is 16.1. The fraction of sp³-hybridized carbons (Fsp3) is 0.345. The van der Waals surface area contributed by atoms with Crippen LogP contribution in [0.2, 0.25) is 0 Å². The van der Waals surface area contributed by atoms with Crippen molar-refractivity contribution in [3.8, 4) is 0 Å². The van der Waals surface area contributed by atoms with Crippen molar-refractivity contribution in [3.05, 3.63) is 107 Å². The van der Waals surface area contributed by atoms with Crippen molar-refractivity contribution in [2.45, 2.75) is 51.0 Å². The molecule has 1 atom stereocenters. The van der Waals surface area contributed by atoms with Gasteiger partial charge in [0.2, 0.25) is 0 Å². The van der Waals surface area contributed by atoms with E-state index in [0.29, 0.717) is 6.42 Å². The molecule has 0 fully saturated rings. The molecule has 3 aromatic carbocycles. The van der Waals surface area contributed by atoms with Gasteiger partial charge in [0.25, 0.3) is 0 Å². The third-order valence-electron chi connectivity index (χ3n) is 6.42. The third-order valence-corrected chi connectivity index (χ3v) is 6.42. The first kappa shape index (κ1) is 23.0. The highest BCUT2D eigenvalue weighted by molar-refractivity contribution is 6.06. The molecule has 0 N–H and O–H groups in total. The van der Waals surface area contributed by atoms with E-state index in [1.807, 2.05) is 48.5 Å². The topological polar surface area (TPSA) is 20.3 Å². The summed E-state index contributed by atoms with van der Waals surface area (Å²) in [5.74, 6) is 0.152. The maximum absolute atomic E-state index is 14.4. The minimum absolute atomic E-state index is 0.0525. The minimum atomic E-state index is -0.755. The van der Waals surface area contributed by atoms with Gasteiger partial charge in [-0.25, -0.2) is 0 Å². The Morgan fingerprint density at radius 3 is 1.58 bits per heavy atom. The Morgan fingerprint density at radius 1 is 0.742 bits per heavy atom. The van der Waals surface area contributed by atoms with Crippen LogP contribution in [0.3, 0.4) is 0 Å². The number of ketones is 1. The maximum Gasteiger partial charge on any atom is 0.177 e. The smallest absolute Gasteiger partial charge is 0.177 e. The number of benzene rings is 3. The molecule has 0 radical (unpaired) electrons. The SMILES string of the molecule is C[C@H](CC(C(=O)c1ccc(C(C)(C)C)cc1)(c1ccccc1)c1ccccc1)N(C)C. The van der Waals surface area contributed by atoms with Crippen LogP contribution in [0.5, 0.6) is 0 Å². The van der Waals surface area contributed by atoms with Crippen molar-refractivity contribution in [2.75, 3.05) is 14.1 Å². The van der Waals surface area contributed by atoms with Crippen LogP contribution >= 0.6 is 0 Å². The fourth-order valence-corrected chi connectivity index (χ4v) is 4.20. The minimum Gasteiger partial charge on any atom is -0.307 e. The molecular weight excluding hydrogens is 378 g/mol. The Bertz CT molecular complexity index is 943. The van der Waals surface area contributed by atoms with Crippen molar-refractivity contribution in [2.24, 2.45) is 0 Å². The summed E-state index contributed by atoms with van der Waals surface area (Å²) in [6.45, 7) is 8.78. The van der Waals surface area contributed by atoms with E-state index < -0.39 is 5.41 Å². The van der Waals surface area contributed by atoms with Gasteiger partial charge in [0.05, 0.1) is 5.41 Å². The second kappa shape index (κ2) is 9.20. The Hall–Kier alpha value is -2.71. The molecule has 0 amide bonds. The van der Waals surface area contributed by atoms with Crippen molar-refractivity contribution in [1.82, 2.24) is 4.90 Å². The Balaban J connectivity index is 2.22. The summed E-state index contributed by atoms with van der Waals surface area (Å²) in [7, 11) is 4.15. The highest BCUT2D eigenvalue weighted by Gasteiger charge is 2.43. The Labute approximate surface area is 187 Å². The lowest BCUT2D eigenvalue weighted by Gasteiger charge is -2.38. The standard InChI is InChI=1S/C29H35NO/c1-22(30(5)6)21-29(25-13-9-7-10-14-25,26-15-11-8-12-16-26)27(31)23-17-19-24(20-18-23)28(2,3)4/h7-20,22H,21H2,1-6H3/t22-/m1/s1. The van der Waals surface area contributed by atoms with Crippen molar-refractivity contribution < 1.29 is 4.79 Å². The predicted octanol–water partition coefficient (Wildman–Crippen LogP) is 6.49. The fourth-order valence-electron chi connectivity index (χ4n) is 4.20. The van der Waals surface area contributed by atoms with Crippen LogP contribution in [0, 0.1) is 0 Å². The Kier molecular flexibility index (Phi) is 6.81. The lowest BCUT2D eigenvalue weighted by Crippen LogP contribution is -2.43. The van der Waals surface area contributed by atoms with Crippen molar-refractivity contribution in [3.63, 3.8) is 0 Å². The first-order valence-corrected chi connectivity index (χ1v) is 11.1. The van der Waals surface area contributed by atoms with Crippen LogP contribution in [0.25, 0.3) is 0 Å². The monoisotopic (exact) mass is 413 g/mol. The second-order valence-electron chi connectivity index (χ2n) is 9.81. The van der Waals surface area contributed by atoms with Gasteiger partial charge in [-0.1, -0.05) is 106 Å². The molecule has 2 nitrogen and oxygen atoms in total. The van der Waals surface area contributed by atoms with Gasteiger partial charge in [0.15, 0.2) is 5.78 Å². The number of rotatable bonds is 7. The van der Waals surface area contributed by atoms with Crippen molar-refractivity contribution in [1.29, 1.82) is 0 Å². The molecule has 0 bridgehead atoms. The average Bonchev–Trinajstić information content (AvgIpc) is 2.77. The van der Waals surface area contributed by atoms with Gasteiger partial charge in [0.1, 0.15) is 0 Å². The Morgan fingerprint density at radius 2 is 1.19 bits per heavy atom. The number of hydrogen-bond acceptors (Lipinski definition) is 2. The summed E-state index contributed by atoms with van der Waals surface area (Å²) in [5.41, 5.74) is 3.37. The first-order valence-electron chi connectivity index (χ1n) is 11.1. The summed E-state index contributed by atoms with van der Waals surface area (Å²) in [6, 6.07) is 29.0. The molecule has 0 aliphatic carbocycles. The quantitative estimate of drug-likeness (QED) is 0.412. The van der Waals surface area contributed by atoms with Gasteiger partial charge in [0, 0.05) is 11.6 Å². The number of carbonyl (C=O) groups excluding carboxylic acids is 1. The van der Waals surface area contributed by atoms with Crippen LogP contribution in [-0.2, 0) is 10.8 Å². The third kappa shape index (κ3) is 4.80. The zero-order valence-electron chi connectivity index (χ0n) is 19.7. The van der Waals surface area contributed by atoms with Gasteiger partial charge >= 0.3 is 0 Å². The lowest BCUT2D eigenvalue weighted by atomic mass is 9.66. The molecule has 0 aliphatic rings. The molecule has 0 heterocycles. The van der Waals surface area contributed by atoms with Crippen LogP contribution in [0.1, 0.15) is 61.2 Å². The van der Waals surface area contributed by atoms with Gasteiger partial charge < -0.3 is 4.90 Å². The molecule has 0 saturated carbocycles. The van der Waals surface area contributed by atoms with E-state index >= 15 is 0 Å². The molecule has 0 saturated heterocycles. The number of carbonyl (C=O) groups is 1. The second-order valence-corrected chi connectivity index (χ2v) is 9.81. The van der Waals surface area contributed by atoms with E-state index in [0.717, 1.165) is 16.7 Å². The summed E-state index contributed by atoms with van der Waals surface area (Å²) < 4.78 is 0. The molecule has 2 heteroatoms. The van der Waals surface area contributed by atoms with E-state index in [1.165, 1.54) is 5.56 Å². The molecule has 3 aromatic rings. The summed E-state index contributed by atoms with van der Waals surface area (Å²) in [5, 5.41) is 0. The van der Waals surface area contributed by atoms with E-state index in [9.17, 15) is 4.79 Å². The van der Waals surface area contributed by atoms with E-state index in [-0.39, 0.29) is 17.2 Å². The zero-order chi connectivity index (χ0) is 22.6. The molecular formula is C29H35NO. The van der Waals surface area contributed by atoms with Gasteiger partial charge in [-0.15, -0.1) is 0 Å². The van der Waals surface area contributed by atoms with Crippen LogP contribution in [0.15, 0.2) is 84.9 Å². The molecule has 0 unspecified atom stereocenters. The number of hydrogen-bond donors (Lipinski definition) is 0. The summed E-state index contributed by atoms with van der Waals surface area (Å²) >= 11 is 0. The molecule has 31 heavy (non-hydrogen) atoms. The lowest BCUT2D eigenvalue weighted by molar-refractivity contribution is 0.0882. The molecule has 0 spiro atoms. The normalized spacial score (nSPS) is 13.3. The first-order chi connectivity index (χ1) is 14.7. The van der Waals surface area contributed by atoms with Gasteiger partial charge in [-0.2, -0.15) is 0 Å². The largest absolute Gasteiger partial charge is 0.307 e. The summed E-state index contributed by atoms with van der Waals surface area (Å²) in [6.07, 6.45) is 0.702. The molecule has 0 aliphatic heterocycles.